The fourth-order valence-electron chi connectivity index (χ4n) is 2.08. The number of benzene rings is 2. The number of hydrogen-bond donors (Lipinski definition) is 2. The summed E-state index contributed by atoms with van der Waals surface area (Å²) in [5.41, 5.74) is 0.112. The lowest BCUT2D eigenvalue weighted by Crippen LogP contribution is -2.12. The number of nitrogens with zero attached hydrogens (tertiary/aromatic N) is 2. The highest BCUT2D eigenvalue weighted by atomic mass is 79.9. The van der Waals surface area contributed by atoms with Crippen molar-refractivity contribution in [1.82, 2.24) is 9.97 Å². The van der Waals surface area contributed by atoms with Crippen LogP contribution in [0.1, 0.15) is 5.56 Å². The van der Waals surface area contributed by atoms with Crippen LogP contribution in [0.15, 0.2) is 59.2 Å². The van der Waals surface area contributed by atoms with E-state index < -0.39 is 11.7 Å². The Morgan fingerprint density at radius 3 is 2.08 bits per heavy atom. The van der Waals surface area contributed by atoms with Crippen LogP contribution in [0.5, 0.6) is 0 Å². The number of anilines is 4. The van der Waals surface area contributed by atoms with Crippen molar-refractivity contribution in [2.75, 3.05) is 10.6 Å². The summed E-state index contributed by atoms with van der Waals surface area (Å²) in [6, 6.07) is 13.3. The summed E-state index contributed by atoms with van der Waals surface area (Å²) in [5.74, 6) is -0.314. The lowest BCUT2D eigenvalue weighted by atomic mass is 10.2. The summed E-state index contributed by atoms with van der Waals surface area (Å²) in [7, 11) is 0. The van der Waals surface area contributed by atoms with Gasteiger partial charge in [-0.1, -0.05) is 27.5 Å². The minimum Gasteiger partial charge on any atom is -0.340 e. The summed E-state index contributed by atoms with van der Waals surface area (Å²) in [5, 5.41) is 6.08. The van der Waals surface area contributed by atoms with Gasteiger partial charge in [0, 0.05) is 27.1 Å². The van der Waals surface area contributed by atoms with E-state index in [2.05, 4.69) is 36.5 Å². The zero-order valence-corrected chi connectivity index (χ0v) is 15.3. The summed E-state index contributed by atoms with van der Waals surface area (Å²) in [6.45, 7) is 0. The molecule has 9 heteroatoms. The van der Waals surface area contributed by atoms with Gasteiger partial charge in [0.2, 0.25) is 5.95 Å². The molecule has 3 rings (SSSR count). The molecule has 0 saturated carbocycles. The molecule has 0 aliphatic rings. The quantitative estimate of drug-likeness (QED) is 0.490. The highest BCUT2D eigenvalue weighted by Crippen LogP contribution is 2.35. The van der Waals surface area contributed by atoms with E-state index in [-0.39, 0.29) is 11.8 Å². The molecular formula is C17H11BrClF3N4. The highest BCUT2D eigenvalue weighted by molar-refractivity contribution is 9.10. The third-order valence-corrected chi connectivity index (χ3v) is 4.08. The summed E-state index contributed by atoms with van der Waals surface area (Å²) in [4.78, 5) is 7.73. The van der Waals surface area contributed by atoms with Gasteiger partial charge >= 0.3 is 6.18 Å². The number of nitrogens with one attached hydrogen (secondary N) is 2. The number of hydrogen-bond acceptors (Lipinski definition) is 4. The van der Waals surface area contributed by atoms with Gasteiger partial charge in [0.1, 0.15) is 11.4 Å². The van der Waals surface area contributed by atoms with E-state index in [0.717, 1.165) is 10.7 Å². The molecule has 0 radical (unpaired) electrons. The molecule has 4 nitrogen and oxygen atoms in total. The summed E-state index contributed by atoms with van der Waals surface area (Å²) < 4.78 is 40.6. The molecule has 0 unspecified atom stereocenters. The zero-order valence-electron chi connectivity index (χ0n) is 13.0. The Bertz CT molecular complexity index is 899. The van der Waals surface area contributed by atoms with Crippen LogP contribution in [-0.2, 0) is 6.18 Å². The highest BCUT2D eigenvalue weighted by Gasteiger charge is 2.35. The smallest absolute Gasteiger partial charge is 0.340 e. The van der Waals surface area contributed by atoms with Crippen molar-refractivity contribution in [3.63, 3.8) is 0 Å². The first-order valence-corrected chi connectivity index (χ1v) is 8.48. The average Bonchev–Trinajstić information content (AvgIpc) is 2.58. The predicted octanol–water partition coefficient (Wildman–Crippen LogP) is 6.40. The number of halogens is 5. The standard InChI is InChI=1S/C17H11BrClF3N4/c18-10-1-5-12(6-2-10)24-15-14(17(20,21)22)9-23-16(26-15)25-13-7-3-11(19)4-8-13/h1-9H,(H2,23,24,25,26). The first-order valence-electron chi connectivity index (χ1n) is 7.31. The molecule has 1 heterocycles. The Labute approximate surface area is 160 Å². The Morgan fingerprint density at radius 2 is 1.46 bits per heavy atom. The number of alkyl halides is 3. The Kier molecular flexibility index (Phi) is 5.33. The molecule has 0 amide bonds. The van der Waals surface area contributed by atoms with Crippen LogP contribution in [0.2, 0.25) is 5.02 Å². The molecule has 0 bridgehead atoms. The van der Waals surface area contributed by atoms with Crippen LogP contribution in [-0.4, -0.2) is 9.97 Å². The maximum absolute atomic E-state index is 13.3. The van der Waals surface area contributed by atoms with Crippen LogP contribution < -0.4 is 10.6 Å². The van der Waals surface area contributed by atoms with E-state index in [1.165, 1.54) is 0 Å². The van der Waals surface area contributed by atoms with E-state index in [1.807, 2.05) is 0 Å². The molecule has 0 spiro atoms. The van der Waals surface area contributed by atoms with E-state index >= 15 is 0 Å². The van der Waals surface area contributed by atoms with Crippen molar-refractivity contribution in [1.29, 1.82) is 0 Å². The number of rotatable bonds is 4. The lowest BCUT2D eigenvalue weighted by molar-refractivity contribution is -0.137. The van der Waals surface area contributed by atoms with Gasteiger partial charge in [-0.2, -0.15) is 18.2 Å². The molecule has 134 valence electrons. The van der Waals surface area contributed by atoms with Gasteiger partial charge in [-0.05, 0) is 48.5 Å². The molecule has 3 aromatic rings. The Morgan fingerprint density at radius 1 is 0.885 bits per heavy atom. The van der Waals surface area contributed by atoms with Crippen LogP contribution in [0.25, 0.3) is 0 Å². The molecule has 2 N–H and O–H groups in total. The van der Waals surface area contributed by atoms with Gasteiger partial charge in [0.15, 0.2) is 0 Å². The maximum Gasteiger partial charge on any atom is 0.421 e. The zero-order chi connectivity index (χ0) is 18.7. The Balaban J connectivity index is 1.93. The van der Waals surface area contributed by atoms with Gasteiger partial charge in [0.25, 0.3) is 0 Å². The third kappa shape index (κ3) is 4.64. The van der Waals surface area contributed by atoms with Gasteiger partial charge in [0.05, 0.1) is 0 Å². The van der Waals surface area contributed by atoms with E-state index in [0.29, 0.717) is 16.4 Å². The SMILES string of the molecule is FC(F)(F)c1cnc(Nc2ccc(Cl)cc2)nc1Nc1ccc(Br)cc1. The van der Waals surface area contributed by atoms with Gasteiger partial charge < -0.3 is 10.6 Å². The minimum absolute atomic E-state index is 0.0277. The summed E-state index contributed by atoms with van der Waals surface area (Å²) >= 11 is 9.09. The van der Waals surface area contributed by atoms with E-state index in [4.69, 9.17) is 11.6 Å². The van der Waals surface area contributed by atoms with Crippen molar-refractivity contribution in [2.45, 2.75) is 6.18 Å². The minimum atomic E-state index is -4.59. The molecule has 2 aromatic carbocycles. The fourth-order valence-corrected chi connectivity index (χ4v) is 2.47. The molecule has 0 atom stereocenters. The lowest BCUT2D eigenvalue weighted by Gasteiger charge is -2.15. The fraction of sp³-hybridized carbons (Fsp3) is 0.0588. The second kappa shape index (κ2) is 7.51. The van der Waals surface area contributed by atoms with Crippen molar-refractivity contribution in [3.05, 3.63) is 69.8 Å². The van der Waals surface area contributed by atoms with Crippen LogP contribution in [0, 0.1) is 0 Å². The molecule has 0 aliphatic carbocycles. The average molecular weight is 444 g/mol. The summed E-state index contributed by atoms with van der Waals surface area (Å²) in [6.07, 6.45) is -3.84. The predicted molar refractivity (Wildman–Crippen MR) is 99.2 cm³/mol. The van der Waals surface area contributed by atoms with Crippen LogP contribution in [0.4, 0.5) is 36.3 Å². The monoisotopic (exact) mass is 442 g/mol. The van der Waals surface area contributed by atoms with Gasteiger partial charge in [-0.25, -0.2) is 4.98 Å². The van der Waals surface area contributed by atoms with E-state index in [9.17, 15) is 13.2 Å². The largest absolute Gasteiger partial charge is 0.421 e. The molecule has 0 aliphatic heterocycles. The van der Waals surface area contributed by atoms with Gasteiger partial charge in [-0.3, -0.25) is 0 Å². The first kappa shape index (κ1) is 18.5. The molecule has 0 fully saturated rings. The number of aromatic nitrogens is 2. The molecule has 1 aromatic heterocycles. The van der Waals surface area contributed by atoms with Crippen molar-refractivity contribution >= 4 is 50.7 Å². The second-order valence-electron chi connectivity index (χ2n) is 5.22. The van der Waals surface area contributed by atoms with E-state index in [1.54, 1.807) is 48.5 Å². The van der Waals surface area contributed by atoms with Crippen LogP contribution >= 0.6 is 27.5 Å². The van der Waals surface area contributed by atoms with Crippen LogP contribution in [0.3, 0.4) is 0 Å². The second-order valence-corrected chi connectivity index (χ2v) is 6.57. The maximum atomic E-state index is 13.3. The van der Waals surface area contributed by atoms with Crippen molar-refractivity contribution in [3.8, 4) is 0 Å². The molecule has 0 saturated heterocycles. The normalized spacial score (nSPS) is 11.3. The third-order valence-electron chi connectivity index (χ3n) is 3.30. The first-order chi connectivity index (χ1) is 12.3. The van der Waals surface area contributed by atoms with Gasteiger partial charge in [-0.15, -0.1) is 0 Å². The Hall–Kier alpha value is -2.32. The molecular weight excluding hydrogens is 433 g/mol. The molecule has 26 heavy (non-hydrogen) atoms. The topological polar surface area (TPSA) is 49.8 Å². The van der Waals surface area contributed by atoms with Crippen molar-refractivity contribution in [2.24, 2.45) is 0 Å². The van der Waals surface area contributed by atoms with Crippen molar-refractivity contribution < 1.29 is 13.2 Å².